The van der Waals surface area contributed by atoms with Crippen LogP contribution in [0, 0.1) is 17.8 Å². The van der Waals surface area contributed by atoms with Crippen LogP contribution in [0.3, 0.4) is 0 Å². The molecule has 8 nitrogen and oxygen atoms in total. The second-order valence-electron chi connectivity index (χ2n) is 9.91. The largest absolute Gasteiger partial charge is 0.507 e. The SMILES string of the molecule is Nc1nnc(-c2ccccc2O)cc1N1CC2CCC(C1)N2c1ccnc(C#CC2CCNCC2)c1. The molecule has 8 heteroatoms. The van der Waals surface area contributed by atoms with Gasteiger partial charge < -0.3 is 26.0 Å². The van der Waals surface area contributed by atoms with E-state index in [1.807, 2.05) is 24.4 Å². The molecule has 1 aromatic carbocycles. The highest BCUT2D eigenvalue weighted by Gasteiger charge is 2.40. The second kappa shape index (κ2) is 9.67. The summed E-state index contributed by atoms with van der Waals surface area (Å²) in [5.74, 6) is 7.83. The van der Waals surface area contributed by atoms with E-state index in [0.29, 0.717) is 35.1 Å². The van der Waals surface area contributed by atoms with Gasteiger partial charge in [-0.1, -0.05) is 18.1 Å². The van der Waals surface area contributed by atoms with E-state index in [4.69, 9.17) is 5.73 Å². The van der Waals surface area contributed by atoms with Crippen LogP contribution >= 0.6 is 0 Å². The number of para-hydroxylation sites is 1. The van der Waals surface area contributed by atoms with Gasteiger partial charge in [-0.3, -0.25) is 0 Å². The molecule has 36 heavy (non-hydrogen) atoms. The van der Waals surface area contributed by atoms with Crippen molar-refractivity contribution in [2.45, 2.75) is 37.8 Å². The number of pyridine rings is 1. The number of piperazine rings is 1. The topological polar surface area (TPSA) is 103 Å². The fourth-order valence-corrected chi connectivity index (χ4v) is 5.78. The number of aromatic hydroxyl groups is 1. The van der Waals surface area contributed by atoms with E-state index in [0.717, 1.165) is 63.2 Å². The number of rotatable bonds is 3. The van der Waals surface area contributed by atoms with Gasteiger partial charge in [0.1, 0.15) is 11.4 Å². The number of benzene rings is 1. The molecule has 3 saturated heterocycles. The zero-order valence-corrected chi connectivity index (χ0v) is 20.3. The number of anilines is 3. The molecule has 3 fully saturated rings. The molecule has 0 saturated carbocycles. The Kier molecular flexibility index (Phi) is 6.08. The van der Waals surface area contributed by atoms with Crippen molar-refractivity contribution in [3.05, 3.63) is 54.4 Å². The third-order valence-corrected chi connectivity index (χ3v) is 7.59. The predicted octanol–water partition coefficient (Wildman–Crippen LogP) is 3.04. The summed E-state index contributed by atoms with van der Waals surface area (Å²) in [4.78, 5) is 9.40. The van der Waals surface area contributed by atoms with Crippen LogP contribution < -0.4 is 20.9 Å². The van der Waals surface area contributed by atoms with E-state index in [1.54, 1.807) is 12.1 Å². The molecule has 0 aliphatic carbocycles. The number of hydrogen-bond donors (Lipinski definition) is 3. The monoisotopic (exact) mass is 481 g/mol. The zero-order chi connectivity index (χ0) is 24.5. The number of nitrogens with one attached hydrogen (secondary N) is 1. The van der Waals surface area contributed by atoms with Gasteiger partial charge in [0.2, 0.25) is 0 Å². The molecular weight excluding hydrogens is 450 g/mol. The number of phenolic OH excluding ortho intramolecular Hbond substituents is 1. The quantitative estimate of drug-likeness (QED) is 0.491. The number of phenols is 1. The Morgan fingerprint density at radius 3 is 2.53 bits per heavy atom. The highest BCUT2D eigenvalue weighted by molar-refractivity contribution is 5.74. The summed E-state index contributed by atoms with van der Waals surface area (Å²) in [7, 11) is 0. The molecule has 0 radical (unpaired) electrons. The Hall–Kier alpha value is -3.83. The zero-order valence-electron chi connectivity index (χ0n) is 20.3. The lowest BCUT2D eigenvalue weighted by molar-refractivity contribution is 0.447. The molecule has 2 bridgehead atoms. The first-order valence-electron chi connectivity index (χ1n) is 12.8. The van der Waals surface area contributed by atoms with E-state index in [2.05, 4.69) is 54.3 Å². The van der Waals surface area contributed by atoms with E-state index in [-0.39, 0.29) is 5.75 Å². The fourth-order valence-electron chi connectivity index (χ4n) is 5.78. The van der Waals surface area contributed by atoms with Crippen molar-refractivity contribution in [1.82, 2.24) is 20.5 Å². The lowest BCUT2D eigenvalue weighted by Crippen LogP contribution is -2.54. The van der Waals surface area contributed by atoms with Gasteiger partial charge in [-0.15, -0.1) is 10.2 Å². The summed E-state index contributed by atoms with van der Waals surface area (Å²) in [6.45, 7) is 3.80. The number of nitrogen functional groups attached to an aromatic ring is 1. The van der Waals surface area contributed by atoms with Crippen LogP contribution in [0.2, 0.25) is 0 Å². The average molecular weight is 482 g/mol. The molecule has 3 aliphatic rings. The summed E-state index contributed by atoms with van der Waals surface area (Å²) in [6, 6.07) is 14.1. The lowest BCUT2D eigenvalue weighted by Gasteiger charge is -2.43. The van der Waals surface area contributed by atoms with Crippen LogP contribution in [0.15, 0.2) is 48.7 Å². The van der Waals surface area contributed by atoms with Crippen molar-refractivity contribution in [3.63, 3.8) is 0 Å². The maximum absolute atomic E-state index is 10.3. The molecule has 0 spiro atoms. The number of nitrogens with two attached hydrogens (primary N) is 1. The Morgan fingerprint density at radius 1 is 0.972 bits per heavy atom. The first kappa shape index (κ1) is 22.6. The number of nitrogens with zero attached hydrogens (tertiary/aromatic N) is 5. The van der Waals surface area contributed by atoms with Gasteiger partial charge in [0.05, 0.1) is 11.4 Å². The van der Waals surface area contributed by atoms with Crippen molar-refractivity contribution in [2.75, 3.05) is 41.7 Å². The number of piperidine rings is 1. The molecule has 2 atom stereocenters. The summed E-state index contributed by atoms with van der Waals surface area (Å²) < 4.78 is 0. The third kappa shape index (κ3) is 4.42. The van der Waals surface area contributed by atoms with Crippen molar-refractivity contribution >= 4 is 17.2 Å². The van der Waals surface area contributed by atoms with E-state index in [1.165, 1.54) is 5.69 Å². The van der Waals surface area contributed by atoms with E-state index < -0.39 is 0 Å². The Labute approximate surface area is 211 Å². The maximum Gasteiger partial charge on any atom is 0.169 e. The Morgan fingerprint density at radius 2 is 1.75 bits per heavy atom. The highest BCUT2D eigenvalue weighted by atomic mass is 16.3. The molecular formula is C28H31N7O. The van der Waals surface area contributed by atoms with Gasteiger partial charge in [0.25, 0.3) is 0 Å². The van der Waals surface area contributed by atoms with Gasteiger partial charge in [0, 0.05) is 48.5 Å². The molecule has 0 amide bonds. The van der Waals surface area contributed by atoms with Crippen molar-refractivity contribution in [1.29, 1.82) is 0 Å². The van der Waals surface area contributed by atoms with Crippen LogP contribution in [-0.4, -0.2) is 58.6 Å². The maximum atomic E-state index is 10.3. The number of fused-ring (bicyclic) bond motifs is 2. The minimum atomic E-state index is 0.184. The van der Waals surface area contributed by atoms with E-state index in [9.17, 15) is 5.11 Å². The summed E-state index contributed by atoms with van der Waals surface area (Å²) in [6.07, 6.45) is 6.36. The van der Waals surface area contributed by atoms with Gasteiger partial charge in [-0.2, -0.15) is 0 Å². The van der Waals surface area contributed by atoms with Crippen LogP contribution in [0.4, 0.5) is 17.2 Å². The minimum Gasteiger partial charge on any atom is -0.507 e. The lowest BCUT2D eigenvalue weighted by atomic mass is 9.99. The molecule has 2 unspecified atom stereocenters. The van der Waals surface area contributed by atoms with Crippen LogP contribution in [0.1, 0.15) is 31.4 Å². The Bertz CT molecular complexity index is 1300. The summed E-state index contributed by atoms with van der Waals surface area (Å²) in [5.41, 5.74) is 10.5. The van der Waals surface area contributed by atoms with Crippen molar-refractivity contribution in [3.8, 4) is 28.8 Å². The van der Waals surface area contributed by atoms with Crippen molar-refractivity contribution < 1.29 is 5.11 Å². The van der Waals surface area contributed by atoms with Gasteiger partial charge in [-0.25, -0.2) is 4.98 Å². The number of hydrogen-bond acceptors (Lipinski definition) is 8. The molecule has 3 aliphatic heterocycles. The fraction of sp³-hybridized carbons (Fsp3) is 0.393. The molecule has 5 heterocycles. The smallest absolute Gasteiger partial charge is 0.169 e. The van der Waals surface area contributed by atoms with Crippen LogP contribution in [-0.2, 0) is 0 Å². The predicted molar refractivity (Wildman–Crippen MR) is 142 cm³/mol. The third-order valence-electron chi connectivity index (χ3n) is 7.59. The van der Waals surface area contributed by atoms with Gasteiger partial charge >= 0.3 is 0 Å². The Balaban J connectivity index is 1.22. The molecule has 2 aromatic heterocycles. The van der Waals surface area contributed by atoms with Crippen LogP contribution in [0.5, 0.6) is 5.75 Å². The minimum absolute atomic E-state index is 0.184. The average Bonchev–Trinajstić information content (AvgIpc) is 3.18. The standard InChI is InChI=1S/C28H31N7O/c29-28-26(16-25(32-33-28)24-3-1-2-4-27(24)36)34-17-22-7-8-23(18-34)35(22)21-11-14-31-20(15-21)6-5-19-9-12-30-13-10-19/h1-4,11,14-16,19,22-23,30,36H,7-10,12-13,17-18H2,(H2,29,33). The summed E-state index contributed by atoms with van der Waals surface area (Å²) >= 11 is 0. The molecule has 3 aromatic rings. The normalized spacial score (nSPS) is 21.8. The first-order valence-corrected chi connectivity index (χ1v) is 12.8. The van der Waals surface area contributed by atoms with Gasteiger partial charge in [-0.05, 0) is 75.0 Å². The number of aromatic nitrogens is 3. The van der Waals surface area contributed by atoms with E-state index >= 15 is 0 Å². The van der Waals surface area contributed by atoms with Crippen LogP contribution in [0.25, 0.3) is 11.3 Å². The van der Waals surface area contributed by atoms with Crippen molar-refractivity contribution in [2.24, 2.45) is 5.92 Å². The first-order chi connectivity index (χ1) is 17.7. The molecule has 4 N–H and O–H groups in total. The highest BCUT2D eigenvalue weighted by Crippen LogP contribution is 2.39. The van der Waals surface area contributed by atoms with Gasteiger partial charge in [0.15, 0.2) is 5.82 Å². The molecule has 184 valence electrons. The second-order valence-corrected chi connectivity index (χ2v) is 9.91. The summed E-state index contributed by atoms with van der Waals surface area (Å²) in [5, 5.41) is 22.2. The molecule has 6 rings (SSSR count).